The van der Waals surface area contributed by atoms with Crippen molar-refractivity contribution in [2.75, 3.05) is 13.1 Å². The number of benzene rings is 1. The number of para-hydroxylation sites is 1. The Bertz CT molecular complexity index is 537. The third-order valence-electron chi connectivity index (χ3n) is 4.59. The molecule has 1 aromatic rings. The molecular formula is C17H23ClN2O2. The van der Waals surface area contributed by atoms with Crippen molar-refractivity contribution >= 4 is 17.5 Å². The molecule has 120 valence electrons. The van der Waals surface area contributed by atoms with E-state index in [4.69, 9.17) is 16.3 Å². The highest BCUT2D eigenvalue weighted by Gasteiger charge is 2.33. The van der Waals surface area contributed by atoms with Crippen molar-refractivity contribution in [2.45, 2.75) is 50.8 Å². The molecule has 3 rings (SSSR count). The number of fused-ring (bicyclic) bond motifs is 2. The molecule has 0 aliphatic carbocycles. The van der Waals surface area contributed by atoms with Crippen molar-refractivity contribution in [3.63, 3.8) is 0 Å². The average Bonchev–Trinajstić information content (AvgIpc) is 2.85. The van der Waals surface area contributed by atoms with Gasteiger partial charge in [-0.15, -0.1) is 0 Å². The fraction of sp³-hybridized carbons (Fsp3) is 0.588. The van der Waals surface area contributed by atoms with Crippen LogP contribution in [-0.2, 0) is 4.79 Å². The van der Waals surface area contributed by atoms with Crippen LogP contribution in [0, 0.1) is 0 Å². The number of rotatable bonds is 4. The monoisotopic (exact) mass is 322 g/mol. The van der Waals surface area contributed by atoms with Gasteiger partial charge in [0, 0.05) is 25.2 Å². The molecule has 0 spiro atoms. The molecule has 22 heavy (non-hydrogen) atoms. The smallest absolute Gasteiger partial charge is 0.263 e. The highest BCUT2D eigenvalue weighted by Crippen LogP contribution is 2.26. The number of nitrogens with zero attached hydrogens (tertiary/aromatic N) is 1. The molecule has 0 saturated carbocycles. The Labute approximate surface area is 136 Å². The van der Waals surface area contributed by atoms with E-state index in [1.165, 1.54) is 6.42 Å². The summed E-state index contributed by atoms with van der Waals surface area (Å²) in [5, 5.41) is 4.14. The number of ether oxygens (including phenoxy) is 1. The number of amides is 1. The maximum absolute atomic E-state index is 12.8. The van der Waals surface area contributed by atoms with Gasteiger partial charge >= 0.3 is 0 Å². The second-order valence-electron chi connectivity index (χ2n) is 6.16. The van der Waals surface area contributed by atoms with Crippen LogP contribution in [0.2, 0.25) is 5.02 Å². The maximum atomic E-state index is 12.8. The molecule has 2 saturated heterocycles. The van der Waals surface area contributed by atoms with E-state index in [0.717, 1.165) is 25.9 Å². The fourth-order valence-corrected chi connectivity index (χ4v) is 3.53. The molecule has 2 heterocycles. The van der Waals surface area contributed by atoms with Gasteiger partial charge in [-0.25, -0.2) is 0 Å². The summed E-state index contributed by atoms with van der Waals surface area (Å²) in [6.07, 6.45) is 3.61. The van der Waals surface area contributed by atoms with Crippen molar-refractivity contribution in [1.82, 2.24) is 10.2 Å². The van der Waals surface area contributed by atoms with E-state index in [0.29, 0.717) is 29.3 Å². The number of carbonyl (C=O) groups excluding carboxylic acids is 1. The van der Waals surface area contributed by atoms with E-state index >= 15 is 0 Å². The van der Waals surface area contributed by atoms with Crippen LogP contribution in [0.1, 0.15) is 32.6 Å². The normalized spacial score (nSPS) is 25.6. The molecule has 1 N–H and O–H groups in total. The number of carbonyl (C=O) groups is 1. The van der Waals surface area contributed by atoms with Gasteiger partial charge in [-0.2, -0.15) is 0 Å². The minimum absolute atomic E-state index is 0.0803. The Kier molecular flexibility index (Phi) is 4.89. The topological polar surface area (TPSA) is 41.6 Å². The Balaban J connectivity index is 1.67. The molecule has 0 radical (unpaired) electrons. The molecule has 3 unspecified atom stereocenters. The maximum Gasteiger partial charge on any atom is 0.263 e. The van der Waals surface area contributed by atoms with Crippen LogP contribution in [0.3, 0.4) is 0 Å². The first-order chi connectivity index (χ1) is 10.7. The summed E-state index contributed by atoms with van der Waals surface area (Å²) in [5.74, 6) is 0.663. The van der Waals surface area contributed by atoms with Gasteiger partial charge in [-0.1, -0.05) is 30.7 Å². The van der Waals surface area contributed by atoms with Crippen LogP contribution < -0.4 is 10.1 Å². The van der Waals surface area contributed by atoms with Crippen LogP contribution in [0.15, 0.2) is 24.3 Å². The third-order valence-corrected chi connectivity index (χ3v) is 4.90. The van der Waals surface area contributed by atoms with Crippen LogP contribution >= 0.6 is 11.6 Å². The van der Waals surface area contributed by atoms with E-state index < -0.39 is 6.10 Å². The van der Waals surface area contributed by atoms with E-state index in [1.807, 2.05) is 30.0 Å². The predicted octanol–water partition coefficient (Wildman–Crippen LogP) is 2.85. The summed E-state index contributed by atoms with van der Waals surface area (Å²) >= 11 is 6.13. The molecule has 2 aliphatic heterocycles. The summed E-state index contributed by atoms with van der Waals surface area (Å²) in [5.41, 5.74) is 0. The number of likely N-dealkylation sites (tertiary alicyclic amines) is 1. The molecule has 5 heteroatoms. The van der Waals surface area contributed by atoms with E-state index in [9.17, 15) is 4.79 Å². The van der Waals surface area contributed by atoms with Gasteiger partial charge in [0.05, 0.1) is 5.02 Å². The number of nitrogens with one attached hydrogen (secondary N) is 1. The minimum Gasteiger partial charge on any atom is -0.479 e. The number of halogens is 1. The lowest BCUT2D eigenvalue weighted by Gasteiger charge is -2.28. The summed E-state index contributed by atoms with van der Waals surface area (Å²) in [4.78, 5) is 14.8. The summed E-state index contributed by atoms with van der Waals surface area (Å²) in [7, 11) is 0. The Hall–Kier alpha value is -1.26. The van der Waals surface area contributed by atoms with Crippen molar-refractivity contribution in [3.8, 4) is 5.75 Å². The molecular weight excluding hydrogens is 300 g/mol. The molecule has 2 bridgehead atoms. The molecule has 0 aromatic heterocycles. The van der Waals surface area contributed by atoms with E-state index in [1.54, 1.807) is 6.07 Å². The first-order valence-electron chi connectivity index (χ1n) is 8.13. The molecule has 2 fully saturated rings. The van der Waals surface area contributed by atoms with Gasteiger partial charge in [0.2, 0.25) is 0 Å². The highest BCUT2D eigenvalue weighted by atomic mass is 35.5. The summed E-state index contributed by atoms with van der Waals surface area (Å²) in [6, 6.07) is 8.33. The first-order valence-corrected chi connectivity index (χ1v) is 8.51. The number of hydrogen-bond acceptors (Lipinski definition) is 3. The lowest BCUT2D eigenvalue weighted by Crippen LogP contribution is -2.45. The van der Waals surface area contributed by atoms with Gasteiger partial charge in [0.25, 0.3) is 5.91 Å². The van der Waals surface area contributed by atoms with Gasteiger partial charge in [-0.3, -0.25) is 4.79 Å². The lowest BCUT2D eigenvalue weighted by molar-refractivity contribution is -0.139. The fourth-order valence-electron chi connectivity index (χ4n) is 3.35. The molecule has 3 atom stereocenters. The minimum atomic E-state index is -0.462. The van der Waals surface area contributed by atoms with Crippen LogP contribution in [0.5, 0.6) is 5.75 Å². The zero-order valence-corrected chi connectivity index (χ0v) is 13.7. The second kappa shape index (κ2) is 6.88. The SMILES string of the molecule is CCC(Oc1ccccc1Cl)C(=O)N1CCC2CCC(C1)N2. The average molecular weight is 323 g/mol. The van der Waals surface area contributed by atoms with E-state index in [2.05, 4.69) is 5.32 Å². The number of hydrogen-bond donors (Lipinski definition) is 1. The zero-order valence-electron chi connectivity index (χ0n) is 12.9. The van der Waals surface area contributed by atoms with Crippen LogP contribution in [0.4, 0.5) is 0 Å². The Morgan fingerprint density at radius 3 is 2.91 bits per heavy atom. The highest BCUT2D eigenvalue weighted by molar-refractivity contribution is 6.32. The molecule has 4 nitrogen and oxygen atoms in total. The largest absolute Gasteiger partial charge is 0.479 e. The first kappa shape index (κ1) is 15.6. The molecule has 1 aromatic carbocycles. The Morgan fingerprint density at radius 2 is 2.14 bits per heavy atom. The van der Waals surface area contributed by atoms with Crippen molar-refractivity contribution < 1.29 is 9.53 Å². The standard InChI is InChI=1S/C17H23ClN2O2/c1-2-15(22-16-6-4-3-5-14(16)18)17(21)20-10-9-12-7-8-13(11-20)19-12/h3-6,12-13,15,19H,2,7-11H2,1H3. The molecule has 2 aliphatic rings. The summed E-state index contributed by atoms with van der Waals surface area (Å²) < 4.78 is 5.89. The third kappa shape index (κ3) is 3.39. The second-order valence-corrected chi connectivity index (χ2v) is 6.56. The van der Waals surface area contributed by atoms with Gasteiger partial charge < -0.3 is 15.0 Å². The van der Waals surface area contributed by atoms with Gasteiger partial charge in [-0.05, 0) is 37.8 Å². The predicted molar refractivity (Wildman–Crippen MR) is 87.3 cm³/mol. The van der Waals surface area contributed by atoms with Crippen LogP contribution in [0.25, 0.3) is 0 Å². The van der Waals surface area contributed by atoms with Crippen molar-refractivity contribution in [1.29, 1.82) is 0 Å². The molecule has 1 amide bonds. The van der Waals surface area contributed by atoms with E-state index in [-0.39, 0.29) is 5.91 Å². The zero-order chi connectivity index (χ0) is 15.5. The quantitative estimate of drug-likeness (QED) is 0.926. The Morgan fingerprint density at radius 1 is 1.36 bits per heavy atom. The van der Waals surface area contributed by atoms with Crippen LogP contribution in [-0.4, -0.2) is 42.1 Å². The van der Waals surface area contributed by atoms with Gasteiger partial charge in [0.15, 0.2) is 6.10 Å². The van der Waals surface area contributed by atoms with Crippen molar-refractivity contribution in [3.05, 3.63) is 29.3 Å². The lowest BCUT2D eigenvalue weighted by atomic mass is 10.1. The van der Waals surface area contributed by atoms with Crippen molar-refractivity contribution in [2.24, 2.45) is 0 Å². The summed E-state index contributed by atoms with van der Waals surface area (Å²) in [6.45, 7) is 3.58. The van der Waals surface area contributed by atoms with Gasteiger partial charge in [0.1, 0.15) is 5.75 Å².